The minimum atomic E-state index is 0.0309. The summed E-state index contributed by atoms with van der Waals surface area (Å²) in [5.41, 5.74) is 3.79. The Balaban J connectivity index is 2.10. The molecule has 146 valence electrons. The van der Waals surface area contributed by atoms with Crippen molar-refractivity contribution in [1.82, 2.24) is 14.7 Å². The third-order valence-corrected chi connectivity index (χ3v) is 4.70. The fraction of sp³-hybridized carbons (Fsp3) is 0.304. The molecule has 0 aliphatic rings. The highest BCUT2D eigenvalue weighted by Crippen LogP contribution is 2.32. The highest BCUT2D eigenvalue weighted by Gasteiger charge is 2.23. The van der Waals surface area contributed by atoms with Crippen molar-refractivity contribution in [2.45, 2.75) is 47.2 Å². The summed E-state index contributed by atoms with van der Waals surface area (Å²) in [6.45, 7) is 10.1. The minimum Gasteiger partial charge on any atom is -0.439 e. The predicted molar refractivity (Wildman–Crippen MR) is 111 cm³/mol. The Labute approximate surface area is 166 Å². The van der Waals surface area contributed by atoms with Gasteiger partial charge in [0.15, 0.2) is 0 Å². The van der Waals surface area contributed by atoms with Gasteiger partial charge < -0.3 is 9.64 Å². The van der Waals surface area contributed by atoms with Crippen LogP contribution < -0.4 is 4.74 Å². The third kappa shape index (κ3) is 4.25. The molecule has 0 radical (unpaired) electrons. The highest BCUT2D eigenvalue weighted by atomic mass is 16.5. The summed E-state index contributed by atoms with van der Waals surface area (Å²) in [7, 11) is 0. The first kappa shape index (κ1) is 19.7. The van der Waals surface area contributed by atoms with Crippen molar-refractivity contribution in [2.75, 3.05) is 0 Å². The third-order valence-electron chi connectivity index (χ3n) is 4.70. The van der Waals surface area contributed by atoms with E-state index in [1.165, 1.54) is 0 Å². The second kappa shape index (κ2) is 8.30. The average Bonchev–Trinajstić information content (AvgIpc) is 2.95. The van der Waals surface area contributed by atoms with Crippen LogP contribution >= 0.6 is 0 Å². The molecule has 2 aromatic carbocycles. The largest absolute Gasteiger partial charge is 0.439 e. The number of aromatic nitrogens is 2. The van der Waals surface area contributed by atoms with Crippen LogP contribution in [0.25, 0.3) is 5.69 Å². The number of nitrogens with zero attached hydrogens (tertiary/aromatic N) is 3. The number of para-hydroxylation sites is 1. The lowest BCUT2D eigenvalue weighted by Crippen LogP contribution is -2.34. The van der Waals surface area contributed by atoms with Gasteiger partial charge in [0.2, 0.25) is 11.8 Å². The average molecular weight is 377 g/mol. The lowest BCUT2D eigenvalue weighted by molar-refractivity contribution is -0.131. The molecule has 0 aliphatic carbocycles. The monoisotopic (exact) mass is 377 g/mol. The second-order valence-corrected chi connectivity index (χ2v) is 7.28. The van der Waals surface area contributed by atoms with Gasteiger partial charge in [-0.25, -0.2) is 4.68 Å². The number of aryl methyl sites for hydroxylation is 2. The fourth-order valence-corrected chi connectivity index (χ4v) is 3.19. The van der Waals surface area contributed by atoms with Crippen LogP contribution in [0.1, 0.15) is 37.6 Å². The van der Waals surface area contributed by atoms with E-state index in [2.05, 4.69) is 0 Å². The molecule has 0 spiro atoms. The lowest BCUT2D eigenvalue weighted by atomic mass is 10.2. The van der Waals surface area contributed by atoms with Crippen LogP contribution in [0.5, 0.6) is 11.6 Å². The molecular formula is C23H27N3O2. The number of hydrogen-bond acceptors (Lipinski definition) is 3. The quantitative estimate of drug-likeness (QED) is 0.605. The van der Waals surface area contributed by atoms with Crippen LogP contribution in [0, 0.1) is 13.8 Å². The summed E-state index contributed by atoms with van der Waals surface area (Å²) in [6, 6.07) is 17.9. The Morgan fingerprint density at radius 3 is 2.43 bits per heavy atom. The van der Waals surface area contributed by atoms with Crippen molar-refractivity contribution >= 4 is 5.91 Å². The van der Waals surface area contributed by atoms with E-state index in [1.54, 1.807) is 6.92 Å². The molecule has 5 heteroatoms. The van der Waals surface area contributed by atoms with E-state index in [1.807, 2.05) is 91.9 Å². The molecule has 0 bridgehead atoms. The molecule has 28 heavy (non-hydrogen) atoms. The van der Waals surface area contributed by atoms with Crippen molar-refractivity contribution in [3.63, 3.8) is 0 Å². The van der Waals surface area contributed by atoms with E-state index in [4.69, 9.17) is 9.84 Å². The van der Waals surface area contributed by atoms with Crippen molar-refractivity contribution in [2.24, 2.45) is 0 Å². The SMILES string of the molecule is CC(=O)N(Cc1c(C)nn(-c2ccccc2)c1Oc1cccc(C)c1)C(C)C. The van der Waals surface area contributed by atoms with Gasteiger partial charge in [0.05, 0.1) is 23.5 Å². The van der Waals surface area contributed by atoms with E-state index in [9.17, 15) is 4.79 Å². The summed E-state index contributed by atoms with van der Waals surface area (Å²) in [6.07, 6.45) is 0. The van der Waals surface area contributed by atoms with Gasteiger partial charge in [-0.2, -0.15) is 5.10 Å². The summed E-state index contributed by atoms with van der Waals surface area (Å²) < 4.78 is 8.13. The van der Waals surface area contributed by atoms with E-state index in [-0.39, 0.29) is 11.9 Å². The van der Waals surface area contributed by atoms with Crippen LogP contribution in [0.3, 0.4) is 0 Å². The Bertz CT molecular complexity index is 961. The smallest absolute Gasteiger partial charge is 0.227 e. The van der Waals surface area contributed by atoms with Crippen LogP contribution in [-0.2, 0) is 11.3 Å². The molecule has 0 N–H and O–H groups in total. The van der Waals surface area contributed by atoms with Gasteiger partial charge in [-0.05, 0) is 57.5 Å². The zero-order valence-corrected chi connectivity index (χ0v) is 17.1. The van der Waals surface area contributed by atoms with Gasteiger partial charge >= 0.3 is 0 Å². The van der Waals surface area contributed by atoms with Crippen LogP contribution in [0.15, 0.2) is 54.6 Å². The Hall–Kier alpha value is -3.08. The molecule has 3 rings (SSSR count). The first-order valence-electron chi connectivity index (χ1n) is 9.52. The maximum Gasteiger partial charge on any atom is 0.227 e. The first-order chi connectivity index (χ1) is 13.4. The predicted octanol–water partition coefficient (Wildman–Crippen LogP) is 5.04. The topological polar surface area (TPSA) is 47.4 Å². The molecule has 1 aromatic heterocycles. The summed E-state index contributed by atoms with van der Waals surface area (Å²) in [4.78, 5) is 14.0. The van der Waals surface area contributed by atoms with Gasteiger partial charge in [0.1, 0.15) is 5.75 Å². The van der Waals surface area contributed by atoms with E-state index >= 15 is 0 Å². The zero-order chi connectivity index (χ0) is 20.3. The number of rotatable bonds is 6. The number of carbonyl (C=O) groups is 1. The molecule has 0 saturated heterocycles. The van der Waals surface area contributed by atoms with Gasteiger partial charge in [0, 0.05) is 13.0 Å². The van der Waals surface area contributed by atoms with Gasteiger partial charge in [0.25, 0.3) is 0 Å². The highest BCUT2D eigenvalue weighted by molar-refractivity contribution is 5.73. The molecule has 0 fully saturated rings. The number of amides is 1. The molecule has 1 heterocycles. The summed E-state index contributed by atoms with van der Waals surface area (Å²) in [5, 5.41) is 4.72. The number of ether oxygens (including phenoxy) is 1. The number of benzene rings is 2. The fourth-order valence-electron chi connectivity index (χ4n) is 3.19. The van der Waals surface area contributed by atoms with Crippen molar-refractivity contribution in [1.29, 1.82) is 0 Å². The molecule has 5 nitrogen and oxygen atoms in total. The molecule has 0 atom stereocenters. The summed E-state index contributed by atoms with van der Waals surface area (Å²) >= 11 is 0. The molecule has 0 aliphatic heterocycles. The van der Waals surface area contributed by atoms with Gasteiger partial charge in [-0.15, -0.1) is 0 Å². The van der Waals surface area contributed by atoms with E-state index in [0.29, 0.717) is 12.4 Å². The minimum absolute atomic E-state index is 0.0309. The number of carbonyl (C=O) groups excluding carboxylic acids is 1. The summed E-state index contributed by atoms with van der Waals surface area (Å²) in [5.74, 6) is 1.42. The Kier molecular flexibility index (Phi) is 5.83. The van der Waals surface area contributed by atoms with Crippen LogP contribution in [-0.4, -0.2) is 26.6 Å². The molecule has 3 aromatic rings. The molecule has 0 saturated carbocycles. The normalized spacial score (nSPS) is 10.9. The van der Waals surface area contributed by atoms with Crippen LogP contribution in [0.2, 0.25) is 0 Å². The van der Waals surface area contributed by atoms with Crippen molar-refractivity contribution in [3.05, 3.63) is 71.4 Å². The molecule has 1 amide bonds. The zero-order valence-electron chi connectivity index (χ0n) is 17.1. The maximum absolute atomic E-state index is 12.2. The van der Waals surface area contributed by atoms with Crippen molar-refractivity contribution in [3.8, 4) is 17.3 Å². The van der Waals surface area contributed by atoms with E-state index in [0.717, 1.165) is 28.3 Å². The standard InChI is InChI=1S/C23H27N3O2/c1-16(2)25(19(5)27)15-22-18(4)24-26(20-11-7-6-8-12-20)23(22)28-21-13-9-10-17(3)14-21/h6-14,16H,15H2,1-5H3. The maximum atomic E-state index is 12.2. The van der Waals surface area contributed by atoms with Crippen molar-refractivity contribution < 1.29 is 9.53 Å². The van der Waals surface area contributed by atoms with Gasteiger partial charge in [-0.1, -0.05) is 30.3 Å². The Morgan fingerprint density at radius 1 is 1.11 bits per heavy atom. The number of hydrogen-bond donors (Lipinski definition) is 0. The van der Waals surface area contributed by atoms with Crippen LogP contribution in [0.4, 0.5) is 0 Å². The Morgan fingerprint density at radius 2 is 1.82 bits per heavy atom. The van der Waals surface area contributed by atoms with Gasteiger partial charge in [-0.3, -0.25) is 4.79 Å². The second-order valence-electron chi connectivity index (χ2n) is 7.28. The van der Waals surface area contributed by atoms with E-state index < -0.39 is 0 Å². The lowest BCUT2D eigenvalue weighted by Gasteiger charge is -2.25. The first-order valence-corrected chi connectivity index (χ1v) is 9.52. The molecule has 0 unspecified atom stereocenters. The molecular weight excluding hydrogens is 350 g/mol.